The van der Waals surface area contributed by atoms with E-state index in [1.165, 1.54) is 19.6 Å². The van der Waals surface area contributed by atoms with E-state index in [1.54, 1.807) is 0 Å². The van der Waals surface area contributed by atoms with E-state index in [0.29, 0.717) is 0 Å². The minimum atomic E-state index is -1.04. The van der Waals surface area contributed by atoms with Crippen molar-refractivity contribution in [2.24, 2.45) is 0 Å². The van der Waals surface area contributed by atoms with Crippen LogP contribution in [0.25, 0.3) is 0 Å². The van der Waals surface area contributed by atoms with Crippen molar-refractivity contribution in [1.29, 1.82) is 0 Å². The molecular formula is C17H25N5O4. The lowest BCUT2D eigenvalue weighted by Gasteiger charge is -2.13. The van der Waals surface area contributed by atoms with Crippen molar-refractivity contribution in [3.05, 3.63) is 66.8 Å². The first-order valence-electron chi connectivity index (χ1n) is 8.43. The fourth-order valence-corrected chi connectivity index (χ4v) is 2.24. The zero-order chi connectivity index (χ0) is 19.5. The summed E-state index contributed by atoms with van der Waals surface area (Å²) in [6, 6.07) is 9.08. The molecule has 0 radical (unpaired) electrons. The minimum Gasteiger partial charge on any atom is -0.362 e. The van der Waals surface area contributed by atoms with Crippen LogP contribution < -0.4 is 16.6 Å². The van der Waals surface area contributed by atoms with Crippen molar-refractivity contribution in [3.63, 3.8) is 0 Å². The highest BCUT2D eigenvalue weighted by Gasteiger charge is 2.20. The molecule has 9 heteroatoms. The maximum absolute atomic E-state index is 11.4. The molecule has 0 saturated heterocycles. The summed E-state index contributed by atoms with van der Waals surface area (Å²) in [6.45, 7) is 10.4. The van der Waals surface area contributed by atoms with E-state index in [4.69, 9.17) is 0 Å². The molecule has 0 fully saturated rings. The second-order valence-electron chi connectivity index (χ2n) is 5.35. The highest BCUT2D eigenvalue weighted by Crippen LogP contribution is 2.14. The van der Waals surface area contributed by atoms with Crippen LogP contribution in [-0.4, -0.2) is 39.4 Å². The normalized spacial score (nSPS) is 10.2. The summed E-state index contributed by atoms with van der Waals surface area (Å²) in [6.07, 6.45) is 0. The lowest BCUT2D eigenvalue weighted by molar-refractivity contribution is -0.385. The second kappa shape index (κ2) is 10.8. The van der Waals surface area contributed by atoms with Gasteiger partial charge in [-0.2, -0.15) is 0 Å². The first kappa shape index (κ1) is 21.1. The van der Waals surface area contributed by atoms with Gasteiger partial charge in [0.25, 0.3) is 0 Å². The van der Waals surface area contributed by atoms with Gasteiger partial charge in [0, 0.05) is 6.54 Å². The van der Waals surface area contributed by atoms with Gasteiger partial charge in [0.1, 0.15) is 0 Å². The van der Waals surface area contributed by atoms with Crippen LogP contribution in [0.3, 0.4) is 0 Å². The molecule has 0 unspecified atom stereocenters. The predicted octanol–water partition coefficient (Wildman–Crippen LogP) is 1.93. The summed E-state index contributed by atoms with van der Waals surface area (Å²) in [5.41, 5.74) is -1.69. The molecule has 0 amide bonds. The number of nitro groups is 1. The van der Waals surface area contributed by atoms with Crippen molar-refractivity contribution in [2.75, 3.05) is 25.0 Å². The van der Waals surface area contributed by atoms with E-state index in [2.05, 4.69) is 36.0 Å². The Bertz CT molecular complexity index is 791. The average molecular weight is 363 g/mol. The molecule has 3 N–H and O–H groups in total. The largest absolute Gasteiger partial charge is 0.373 e. The zero-order valence-corrected chi connectivity index (χ0v) is 15.2. The molecule has 2 aromatic rings. The van der Waals surface area contributed by atoms with E-state index in [1.807, 2.05) is 35.3 Å². The fourth-order valence-electron chi connectivity index (χ4n) is 2.24. The Kier molecular flexibility index (Phi) is 8.79. The number of aromatic amines is 2. The molecule has 2 rings (SSSR count). The van der Waals surface area contributed by atoms with Crippen LogP contribution >= 0.6 is 0 Å². The van der Waals surface area contributed by atoms with Crippen LogP contribution in [0.4, 0.5) is 11.5 Å². The van der Waals surface area contributed by atoms with Gasteiger partial charge in [-0.25, -0.2) is 4.79 Å². The Labute approximate surface area is 151 Å². The summed E-state index contributed by atoms with van der Waals surface area (Å²) >= 11 is 0. The first-order chi connectivity index (χ1) is 12.4. The van der Waals surface area contributed by atoms with Crippen molar-refractivity contribution >= 4 is 11.5 Å². The van der Waals surface area contributed by atoms with Crippen LogP contribution in [0.1, 0.15) is 26.3 Å². The predicted molar refractivity (Wildman–Crippen MR) is 102 cm³/mol. The maximum Gasteiger partial charge on any atom is 0.373 e. The fraction of sp³-hybridized carbons (Fsp3) is 0.412. The Balaban J connectivity index is 0.000000412. The molecule has 1 heterocycles. The molecule has 0 saturated carbocycles. The second-order valence-corrected chi connectivity index (χ2v) is 5.35. The van der Waals surface area contributed by atoms with Crippen LogP contribution in [0.2, 0.25) is 0 Å². The average Bonchev–Trinajstić information content (AvgIpc) is 2.62. The molecule has 0 atom stereocenters. The SMILES string of the molecule is CCN(CC)CC.O=c1[nH]c(NCc2ccccc2)c([N+](=O)[O-])c(=O)[nH]1. The summed E-state index contributed by atoms with van der Waals surface area (Å²) in [4.78, 5) is 38.8. The molecule has 26 heavy (non-hydrogen) atoms. The molecule has 9 nitrogen and oxygen atoms in total. The summed E-state index contributed by atoms with van der Waals surface area (Å²) in [5, 5.41) is 13.5. The highest BCUT2D eigenvalue weighted by atomic mass is 16.6. The van der Waals surface area contributed by atoms with Gasteiger partial charge in [-0.15, -0.1) is 0 Å². The topological polar surface area (TPSA) is 124 Å². The van der Waals surface area contributed by atoms with Gasteiger partial charge in [0.15, 0.2) is 5.82 Å². The lowest BCUT2D eigenvalue weighted by Crippen LogP contribution is -2.26. The van der Waals surface area contributed by atoms with E-state index in [0.717, 1.165) is 5.56 Å². The number of hydrogen-bond acceptors (Lipinski definition) is 6. The Morgan fingerprint density at radius 1 is 1.04 bits per heavy atom. The van der Waals surface area contributed by atoms with Crippen molar-refractivity contribution in [2.45, 2.75) is 27.3 Å². The number of rotatable bonds is 7. The standard InChI is InChI=1S/C11H10N4O4.C6H15N/c16-10-8(15(18)19)9(13-11(17)14-10)12-6-7-4-2-1-3-5-7;1-4-7(5-2)6-3/h1-5H,6H2,(H3,12,13,14,16,17);4-6H2,1-3H3. The molecule has 0 aliphatic carbocycles. The number of hydrogen-bond donors (Lipinski definition) is 3. The van der Waals surface area contributed by atoms with Gasteiger partial charge in [-0.1, -0.05) is 51.1 Å². The molecule has 0 aliphatic rings. The minimum absolute atomic E-state index is 0.206. The quantitative estimate of drug-likeness (QED) is 0.510. The van der Waals surface area contributed by atoms with E-state index in [9.17, 15) is 19.7 Å². The third kappa shape index (κ3) is 6.52. The number of H-pyrrole nitrogens is 2. The molecule has 142 valence electrons. The lowest BCUT2D eigenvalue weighted by atomic mass is 10.2. The van der Waals surface area contributed by atoms with E-state index in [-0.39, 0.29) is 12.4 Å². The molecule has 0 spiro atoms. The summed E-state index contributed by atoms with van der Waals surface area (Å²) < 4.78 is 0. The summed E-state index contributed by atoms with van der Waals surface area (Å²) in [5.74, 6) is -0.206. The monoisotopic (exact) mass is 363 g/mol. The highest BCUT2D eigenvalue weighted by molar-refractivity contribution is 5.53. The first-order valence-corrected chi connectivity index (χ1v) is 8.43. The molecule has 1 aromatic heterocycles. The molecular weight excluding hydrogens is 338 g/mol. The van der Waals surface area contributed by atoms with Gasteiger partial charge in [-0.05, 0) is 25.2 Å². The van der Waals surface area contributed by atoms with Gasteiger partial charge in [0.05, 0.1) is 4.92 Å². The summed E-state index contributed by atoms with van der Waals surface area (Å²) in [7, 11) is 0. The third-order valence-electron chi connectivity index (χ3n) is 3.75. The van der Waals surface area contributed by atoms with Crippen LogP contribution in [0.5, 0.6) is 0 Å². The van der Waals surface area contributed by atoms with Crippen molar-refractivity contribution in [1.82, 2.24) is 14.9 Å². The van der Waals surface area contributed by atoms with E-state index >= 15 is 0 Å². The molecule has 0 bridgehead atoms. The maximum atomic E-state index is 11.4. The third-order valence-corrected chi connectivity index (χ3v) is 3.75. The van der Waals surface area contributed by atoms with Gasteiger partial charge >= 0.3 is 16.9 Å². The van der Waals surface area contributed by atoms with Crippen LogP contribution in [0.15, 0.2) is 39.9 Å². The number of nitrogens with zero attached hydrogens (tertiary/aromatic N) is 2. The Morgan fingerprint density at radius 2 is 1.62 bits per heavy atom. The van der Waals surface area contributed by atoms with Gasteiger partial charge in [0.2, 0.25) is 0 Å². The number of anilines is 1. The number of benzene rings is 1. The molecule has 0 aliphatic heterocycles. The smallest absolute Gasteiger partial charge is 0.362 e. The number of nitrogens with one attached hydrogen (secondary N) is 3. The van der Waals surface area contributed by atoms with Gasteiger partial charge in [-0.3, -0.25) is 24.9 Å². The van der Waals surface area contributed by atoms with Crippen LogP contribution in [-0.2, 0) is 6.54 Å². The zero-order valence-electron chi connectivity index (χ0n) is 15.2. The van der Waals surface area contributed by atoms with Crippen molar-refractivity contribution < 1.29 is 4.92 Å². The molecule has 1 aromatic carbocycles. The van der Waals surface area contributed by atoms with Crippen molar-refractivity contribution in [3.8, 4) is 0 Å². The Hall–Kier alpha value is -2.94. The Morgan fingerprint density at radius 3 is 2.08 bits per heavy atom. The van der Waals surface area contributed by atoms with Gasteiger partial charge < -0.3 is 10.2 Å². The number of aromatic nitrogens is 2. The van der Waals surface area contributed by atoms with Crippen LogP contribution in [0, 0.1) is 10.1 Å². The van der Waals surface area contributed by atoms with E-state index < -0.39 is 21.9 Å².